The molecule has 0 aliphatic carbocycles. The van der Waals surface area contributed by atoms with E-state index in [1.165, 1.54) is 5.56 Å². The Labute approximate surface area is 90.2 Å². The summed E-state index contributed by atoms with van der Waals surface area (Å²) in [6, 6.07) is 10.2. The molecule has 0 fully saturated rings. The lowest BCUT2D eigenvalue weighted by Gasteiger charge is -2.23. The van der Waals surface area contributed by atoms with Crippen LogP contribution in [-0.4, -0.2) is 35.3 Å². The summed E-state index contributed by atoms with van der Waals surface area (Å²) in [7, 11) is 0. The van der Waals surface area contributed by atoms with Crippen LogP contribution in [0, 0.1) is 0 Å². The van der Waals surface area contributed by atoms with E-state index in [1.807, 2.05) is 25.1 Å². The van der Waals surface area contributed by atoms with E-state index in [2.05, 4.69) is 17.1 Å². The number of hydrogen-bond acceptors (Lipinski definition) is 2. The van der Waals surface area contributed by atoms with Gasteiger partial charge in [-0.3, -0.25) is 0 Å². The lowest BCUT2D eigenvalue weighted by atomic mass is 10.1. The fourth-order valence-corrected chi connectivity index (χ4v) is 1.93. The van der Waals surface area contributed by atoms with Gasteiger partial charge in [0, 0.05) is 0 Å². The lowest BCUT2D eigenvalue weighted by molar-refractivity contribution is -1.03. The second-order valence-corrected chi connectivity index (χ2v) is 3.92. The van der Waals surface area contributed by atoms with Gasteiger partial charge in [-0.1, -0.05) is 30.3 Å². The van der Waals surface area contributed by atoms with Gasteiger partial charge >= 0.3 is 0 Å². The molecule has 1 atom stereocenters. The minimum Gasteiger partial charge on any atom is -0.230 e. The molecule has 0 saturated carbocycles. The zero-order valence-electron chi connectivity index (χ0n) is 9.06. The molecule has 2 rings (SSSR count). The Balaban J connectivity index is 2.13. The minimum absolute atomic E-state index is 0.0227. The van der Waals surface area contributed by atoms with E-state index in [-0.39, 0.29) is 4.65 Å². The predicted molar refractivity (Wildman–Crippen MR) is 59.9 cm³/mol. The fourth-order valence-electron chi connectivity index (χ4n) is 1.93. The maximum Gasteiger partial charge on any atom is 0.235 e. The molecule has 0 amide bonds. The highest BCUT2D eigenvalue weighted by Gasteiger charge is 2.35. The molecule has 0 bridgehead atoms. The first kappa shape index (κ1) is 10.3. The van der Waals surface area contributed by atoms with Crippen molar-refractivity contribution in [3.05, 3.63) is 35.9 Å². The number of likely N-dealkylation sites (N-methyl/N-ethyl adjacent to an activating group) is 1. The van der Waals surface area contributed by atoms with Crippen LogP contribution in [0.25, 0.3) is 0 Å². The molecule has 1 heterocycles. The van der Waals surface area contributed by atoms with Gasteiger partial charge < -0.3 is 0 Å². The van der Waals surface area contributed by atoms with Gasteiger partial charge in [0.1, 0.15) is 13.1 Å². The third-order valence-electron chi connectivity index (χ3n) is 2.97. The Morgan fingerprint density at radius 1 is 1.33 bits per heavy atom. The number of hydrogen-bond donors (Lipinski definition) is 1. The second-order valence-electron chi connectivity index (χ2n) is 3.92. The number of quaternary nitrogens is 1. The van der Waals surface area contributed by atoms with Crippen LogP contribution in [0.2, 0.25) is 0 Å². The van der Waals surface area contributed by atoms with Gasteiger partial charge in [0.2, 0.25) is 5.84 Å². The first-order chi connectivity index (χ1) is 7.24. The fraction of sp³-hybridized carbons (Fsp3) is 0.417. The number of hydroxylamine groups is 3. The minimum atomic E-state index is 0.0227. The summed E-state index contributed by atoms with van der Waals surface area (Å²) in [5.41, 5.74) is 1.21. The SMILES string of the molecule is CC[N+]1(O)CCN=C1Cc1ccccc1. The van der Waals surface area contributed by atoms with Gasteiger partial charge in [0.05, 0.1) is 13.0 Å². The molecule has 1 unspecified atom stereocenters. The van der Waals surface area contributed by atoms with Gasteiger partial charge in [0.25, 0.3) is 0 Å². The van der Waals surface area contributed by atoms with Crippen LogP contribution in [0.3, 0.4) is 0 Å². The molecule has 3 nitrogen and oxygen atoms in total. The van der Waals surface area contributed by atoms with Crippen LogP contribution < -0.4 is 0 Å². The topological polar surface area (TPSA) is 32.6 Å². The Hall–Kier alpha value is -1.19. The lowest BCUT2D eigenvalue weighted by Crippen LogP contribution is -2.48. The van der Waals surface area contributed by atoms with Crippen LogP contribution >= 0.6 is 0 Å². The van der Waals surface area contributed by atoms with Crippen molar-refractivity contribution < 1.29 is 9.85 Å². The maximum absolute atomic E-state index is 10.2. The second kappa shape index (κ2) is 4.13. The average molecular weight is 205 g/mol. The summed E-state index contributed by atoms with van der Waals surface area (Å²) in [6.45, 7) is 4.16. The Morgan fingerprint density at radius 2 is 2.07 bits per heavy atom. The van der Waals surface area contributed by atoms with Crippen molar-refractivity contribution in [2.75, 3.05) is 19.6 Å². The zero-order valence-corrected chi connectivity index (χ0v) is 9.06. The van der Waals surface area contributed by atoms with E-state index >= 15 is 0 Å². The summed E-state index contributed by atoms with van der Waals surface area (Å²) in [5, 5.41) is 10.2. The number of aliphatic imine (C=N–C) groups is 1. The molecule has 0 aromatic heterocycles. The van der Waals surface area contributed by atoms with E-state index in [0.717, 1.165) is 25.3 Å². The Bertz CT molecular complexity index is 361. The molecule has 3 heteroatoms. The van der Waals surface area contributed by atoms with Crippen molar-refractivity contribution in [3.8, 4) is 0 Å². The van der Waals surface area contributed by atoms with Crippen molar-refractivity contribution in [2.24, 2.45) is 4.99 Å². The van der Waals surface area contributed by atoms with E-state index in [9.17, 15) is 5.21 Å². The first-order valence-electron chi connectivity index (χ1n) is 5.42. The first-order valence-corrected chi connectivity index (χ1v) is 5.42. The van der Waals surface area contributed by atoms with E-state index in [1.54, 1.807) is 0 Å². The van der Waals surface area contributed by atoms with Crippen LogP contribution in [-0.2, 0) is 6.42 Å². The highest BCUT2D eigenvalue weighted by Crippen LogP contribution is 2.15. The van der Waals surface area contributed by atoms with Crippen molar-refractivity contribution in [1.82, 2.24) is 0 Å². The van der Waals surface area contributed by atoms with E-state index < -0.39 is 0 Å². The van der Waals surface area contributed by atoms with Crippen molar-refractivity contribution in [2.45, 2.75) is 13.3 Å². The number of amidine groups is 1. The van der Waals surface area contributed by atoms with Crippen molar-refractivity contribution in [1.29, 1.82) is 0 Å². The van der Waals surface area contributed by atoms with Gasteiger partial charge in [-0.25, -0.2) is 10.2 Å². The van der Waals surface area contributed by atoms with Crippen LogP contribution in [0.1, 0.15) is 12.5 Å². The summed E-state index contributed by atoms with van der Waals surface area (Å²) in [6.07, 6.45) is 0.755. The van der Waals surface area contributed by atoms with Gasteiger partial charge in [-0.15, -0.1) is 4.65 Å². The van der Waals surface area contributed by atoms with E-state index in [0.29, 0.717) is 6.54 Å². The summed E-state index contributed by atoms with van der Waals surface area (Å²) in [4.78, 5) is 4.39. The number of rotatable bonds is 3. The molecule has 1 aliphatic rings. The highest BCUT2D eigenvalue weighted by molar-refractivity contribution is 5.78. The summed E-state index contributed by atoms with van der Waals surface area (Å²) >= 11 is 0. The standard InChI is InChI=1S/C12H17N2O/c1-2-14(15)9-8-13-12(14)10-11-6-4-3-5-7-11/h3-7,15H,2,8-10H2,1H3/q+1. The van der Waals surface area contributed by atoms with E-state index in [4.69, 9.17) is 0 Å². The molecule has 1 aliphatic heterocycles. The molecule has 1 N–H and O–H groups in total. The third kappa shape index (κ3) is 2.08. The molecule has 0 radical (unpaired) electrons. The normalized spacial score (nSPS) is 25.3. The van der Waals surface area contributed by atoms with Gasteiger partial charge in [-0.05, 0) is 12.5 Å². The Kier molecular flexibility index (Phi) is 2.84. The zero-order chi connectivity index (χ0) is 10.7. The number of nitrogens with zero attached hydrogens (tertiary/aromatic N) is 2. The Morgan fingerprint density at radius 3 is 2.73 bits per heavy atom. The van der Waals surface area contributed by atoms with Crippen LogP contribution in [0.4, 0.5) is 0 Å². The summed E-state index contributed by atoms with van der Waals surface area (Å²) in [5.74, 6) is 0.892. The highest BCUT2D eigenvalue weighted by atomic mass is 16.5. The maximum atomic E-state index is 10.2. The van der Waals surface area contributed by atoms with Crippen LogP contribution in [0.5, 0.6) is 0 Å². The smallest absolute Gasteiger partial charge is 0.230 e. The largest absolute Gasteiger partial charge is 0.235 e. The predicted octanol–water partition coefficient (Wildman–Crippen LogP) is 1.87. The molecular weight excluding hydrogens is 188 g/mol. The quantitative estimate of drug-likeness (QED) is 0.751. The molecule has 0 saturated heterocycles. The monoisotopic (exact) mass is 205 g/mol. The third-order valence-corrected chi connectivity index (χ3v) is 2.97. The molecule has 15 heavy (non-hydrogen) atoms. The molecule has 0 spiro atoms. The van der Waals surface area contributed by atoms with Gasteiger partial charge in [0.15, 0.2) is 0 Å². The van der Waals surface area contributed by atoms with Crippen molar-refractivity contribution in [3.63, 3.8) is 0 Å². The van der Waals surface area contributed by atoms with Crippen molar-refractivity contribution >= 4 is 5.84 Å². The van der Waals surface area contributed by atoms with Crippen LogP contribution in [0.15, 0.2) is 35.3 Å². The molecule has 1 aromatic carbocycles. The molecule has 80 valence electrons. The van der Waals surface area contributed by atoms with Gasteiger partial charge in [-0.2, -0.15) is 0 Å². The summed E-state index contributed by atoms with van der Waals surface area (Å²) < 4.78 is 0.0227. The average Bonchev–Trinajstić information content (AvgIpc) is 2.63. The molecular formula is C12H17N2O+. The number of benzene rings is 1. The molecule has 1 aromatic rings.